The normalized spacial score (nSPS) is 17.6. The number of pyridine rings is 1. The van der Waals surface area contributed by atoms with Gasteiger partial charge in [0.2, 0.25) is 5.95 Å². The first-order chi connectivity index (χ1) is 11.2. The quantitative estimate of drug-likeness (QED) is 0.865. The van der Waals surface area contributed by atoms with Crippen LogP contribution in [0.25, 0.3) is 0 Å². The average Bonchev–Trinajstić information content (AvgIpc) is 2.62. The molecule has 0 N–H and O–H groups in total. The first kappa shape index (κ1) is 15.2. The standard InChI is InChI=1S/C17H20N6/c1-13-10-20-17(21-11-13)22(2)15-6-4-8-23(12-15)16-14(9-18)5-3-7-19-16/h3,5,7,10-11,15H,4,6,8,12H2,1-2H3. The summed E-state index contributed by atoms with van der Waals surface area (Å²) in [6.07, 6.45) is 7.56. The number of aromatic nitrogens is 3. The number of aryl methyl sites for hydroxylation is 1. The van der Waals surface area contributed by atoms with Crippen LogP contribution in [0.3, 0.4) is 0 Å². The van der Waals surface area contributed by atoms with Crippen LogP contribution in [0.2, 0.25) is 0 Å². The highest BCUT2D eigenvalue weighted by atomic mass is 15.3. The molecular weight excluding hydrogens is 288 g/mol. The summed E-state index contributed by atoms with van der Waals surface area (Å²) < 4.78 is 0. The van der Waals surface area contributed by atoms with E-state index in [9.17, 15) is 5.26 Å². The first-order valence-electron chi connectivity index (χ1n) is 7.80. The van der Waals surface area contributed by atoms with Crippen molar-refractivity contribution in [1.29, 1.82) is 5.26 Å². The molecule has 1 saturated heterocycles. The van der Waals surface area contributed by atoms with E-state index in [1.54, 1.807) is 12.3 Å². The van der Waals surface area contributed by atoms with Crippen molar-refractivity contribution in [2.24, 2.45) is 0 Å². The van der Waals surface area contributed by atoms with E-state index in [0.717, 1.165) is 43.3 Å². The van der Waals surface area contributed by atoms with Crippen molar-refractivity contribution >= 4 is 11.8 Å². The fourth-order valence-corrected chi connectivity index (χ4v) is 2.93. The summed E-state index contributed by atoms with van der Waals surface area (Å²) >= 11 is 0. The van der Waals surface area contributed by atoms with Gasteiger partial charge in [0, 0.05) is 44.8 Å². The number of hydrogen-bond donors (Lipinski definition) is 0. The Morgan fingerprint density at radius 1 is 1.30 bits per heavy atom. The summed E-state index contributed by atoms with van der Waals surface area (Å²) in [5, 5.41) is 9.28. The van der Waals surface area contributed by atoms with E-state index in [-0.39, 0.29) is 0 Å². The molecule has 118 valence electrons. The van der Waals surface area contributed by atoms with E-state index in [2.05, 4.69) is 30.8 Å². The highest BCUT2D eigenvalue weighted by Crippen LogP contribution is 2.24. The van der Waals surface area contributed by atoms with Gasteiger partial charge in [-0.25, -0.2) is 15.0 Å². The van der Waals surface area contributed by atoms with Crippen LogP contribution >= 0.6 is 0 Å². The molecule has 1 aliphatic heterocycles. The van der Waals surface area contributed by atoms with Gasteiger partial charge in [-0.1, -0.05) is 0 Å². The maximum Gasteiger partial charge on any atom is 0.225 e. The minimum absolute atomic E-state index is 0.306. The fraction of sp³-hybridized carbons (Fsp3) is 0.412. The Balaban J connectivity index is 1.78. The zero-order valence-corrected chi connectivity index (χ0v) is 13.5. The van der Waals surface area contributed by atoms with E-state index >= 15 is 0 Å². The molecule has 0 bridgehead atoms. The molecule has 0 amide bonds. The Morgan fingerprint density at radius 2 is 2.09 bits per heavy atom. The molecule has 2 aromatic rings. The third-order valence-corrected chi connectivity index (χ3v) is 4.23. The van der Waals surface area contributed by atoms with E-state index in [4.69, 9.17) is 0 Å². The Bertz CT molecular complexity index is 706. The summed E-state index contributed by atoms with van der Waals surface area (Å²) in [4.78, 5) is 17.5. The van der Waals surface area contributed by atoms with Gasteiger partial charge in [0.05, 0.1) is 5.56 Å². The van der Waals surface area contributed by atoms with Crippen LogP contribution in [0.5, 0.6) is 0 Å². The molecule has 1 fully saturated rings. The average molecular weight is 308 g/mol. The van der Waals surface area contributed by atoms with Crippen molar-refractivity contribution in [3.63, 3.8) is 0 Å². The van der Waals surface area contributed by atoms with Crippen LogP contribution in [0.1, 0.15) is 24.0 Å². The SMILES string of the molecule is Cc1cnc(N(C)C2CCCN(c3ncccc3C#N)C2)nc1. The van der Waals surface area contributed by atoms with Crippen LogP contribution in [-0.2, 0) is 0 Å². The molecule has 6 nitrogen and oxygen atoms in total. The second kappa shape index (κ2) is 6.61. The number of anilines is 2. The van der Waals surface area contributed by atoms with Crippen LogP contribution in [0, 0.1) is 18.3 Å². The van der Waals surface area contributed by atoms with Crippen LogP contribution in [-0.4, -0.2) is 41.1 Å². The van der Waals surface area contributed by atoms with Crippen molar-refractivity contribution in [3.05, 3.63) is 41.9 Å². The van der Waals surface area contributed by atoms with Crippen molar-refractivity contribution in [1.82, 2.24) is 15.0 Å². The molecule has 0 radical (unpaired) electrons. The Labute approximate surface area is 136 Å². The maximum absolute atomic E-state index is 9.28. The highest BCUT2D eigenvalue weighted by Gasteiger charge is 2.26. The highest BCUT2D eigenvalue weighted by molar-refractivity contribution is 5.54. The van der Waals surface area contributed by atoms with Crippen LogP contribution < -0.4 is 9.80 Å². The number of piperidine rings is 1. The predicted molar refractivity (Wildman–Crippen MR) is 89.4 cm³/mol. The lowest BCUT2D eigenvalue weighted by Crippen LogP contribution is -2.47. The van der Waals surface area contributed by atoms with Gasteiger partial charge >= 0.3 is 0 Å². The van der Waals surface area contributed by atoms with Crippen molar-refractivity contribution in [2.45, 2.75) is 25.8 Å². The van der Waals surface area contributed by atoms with E-state index in [1.807, 2.05) is 32.4 Å². The molecule has 3 heterocycles. The number of hydrogen-bond acceptors (Lipinski definition) is 6. The molecule has 1 atom stereocenters. The van der Waals surface area contributed by atoms with Gasteiger partial charge in [0.25, 0.3) is 0 Å². The van der Waals surface area contributed by atoms with Crippen molar-refractivity contribution in [2.75, 3.05) is 29.9 Å². The van der Waals surface area contributed by atoms with Crippen LogP contribution in [0.4, 0.5) is 11.8 Å². The maximum atomic E-state index is 9.28. The Hall–Kier alpha value is -2.68. The molecule has 1 aliphatic rings. The third kappa shape index (κ3) is 3.24. The molecule has 3 rings (SSSR count). The topological polar surface area (TPSA) is 68.9 Å². The van der Waals surface area contributed by atoms with Crippen LogP contribution in [0.15, 0.2) is 30.7 Å². The summed E-state index contributed by atoms with van der Waals surface area (Å²) in [6, 6.07) is 6.16. The zero-order chi connectivity index (χ0) is 16.2. The second-order valence-electron chi connectivity index (χ2n) is 5.90. The number of rotatable bonds is 3. The molecule has 1 unspecified atom stereocenters. The number of nitriles is 1. The smallest absolute Gasteiger partial charge is 0.225 e. The number of nitrogens with zero attached hydrogens (tertiary/aromatic N) is 6. The minimum Gasteiger partial charge on any atom is -0.353 e. The second-order valence-corrected chi connectivity index (χ2v) is 5.90. The summed E-state index contributed by atoms with van der Waals surface area (Å²) in [6.45, 7) is 3.72. The molecule has 0 spiro atoms. The van der Waals surface area contributed by atoms with E-state index in [0.29, 0.717) is 11.6 Å². The Kier molecular flexibility index (Phi) is 4.38. The predicted octanol–water partition coefficient (Wildman–Crippen LogP) is 2.16. The molecular formula is C17H20N6. The van der Waals surface area contributed by atoms with Gasteiger partial charge in [-0.2, -0.15) is 5.26 Å². The molecule has 6 heteroatoms. The third-order valence-electron chi connectivity index (χ3n) is 4.23. The monoisotopic (exact) mass is 308 g/mol. The van der Waals surface area contributed by atoms with Gasteiger partial charge in [-0.15, -0.1) is 0 Å². The molecule has 23 heavy (non-hydrogen) atoms. The van der Waals surface area contributed by atoms with Crippen molar-refractivity contribution in [3.8, 4) is 6.07 Å². The summed E-state index contributed by atoms with van der Waals surface area (Å²) in [5.74, 6) is 1.52. The van der Waals surface area contributed by atoms with Gasteiger partial charge in [0.1, 0.15) is 11.9 Å². The molecule has 2 aromatic heterocycles. The van der Waals surface area contributed by atoms with Gasteiger partial charge < -0.3 is 9.80 Å². The minimum atomic E-state index is 0.306. The lowest BCUT2D eigenvalue weighted by atomic mass is 10.0. The lowest BCUT2D eigenvalue weighted by molar-refractivity contribution is 0.480. The zero-order valence-electron chi connectivity index (χ0n) is 13.5. The Morgan fingerprint density at radius 3 is 2.83 bits per heavy atom. The number of likely N-dealkylation sites (N-methyl/N-ethyl adjacent to an activating group) is 1. The lowest BCUT2D eigenvalue weighted by Gasteiger charge is -2.38. The van der Waals surface area contributed by atoms with Gasteiger partial charge in [-0.3, -0.25) is 0 Å². The molecule has 0 aromatic carbocycles. The molecule has 0 aliphatic carbocycles. The van der Waals surface area contributed by atoms with Crippen molar-refractivity contribution < 1.29 is 0 Å². The van der Waals surface area contributed by atoms with Gasteiger partial charge in [-0.05, 0) is 37.5 Å². The summed E-state index contributed by atoms with van der Waals surface area (Å²) in [5.41, 5.74) is 1.68. The first-order valence-corrected chi connectivity index (χ1v) is 7.80. The van der Waals surface area contributed by atoms with E-state index in [1.165, 1.54) is 0 Å². The van der Waals surface area contributed by atoms with E-state index < -0.39 is 0 Å². The summed E-state index contributed by atoms with van der Waals surface area (Å²) in [7, 11) is 2.03. The van der Waals surface area contributed by atoms with Gasteiger partial charge in [0.15, 0.2) is 0 Å². The molecule has 0 saturated carbocycles. The fourth-order valence-electron chi connectivity index (χ4n) is 2.93. The largest absolute Gasteiger partial charge is 0.353 e.